The molecule has 0 bridgehead atoms. The van der Waals surface area contributed by atoms with Gasteiger partial charge in [0, 0.05) is 5.69 Å². The van der Waals surface area contributed by atoms with E-state index in [0.29, 0.717) is 0 Å². The van der Waals surface area contributed by atoms with Crippen molar-refractivity contribution in [1.29, 1.82) is 0 Å². The van der Waals surface area contributed by atoms with E-state index in [9.17, 15) is 5.11 Å². The summed E-state index contributed by atoms with van der Waals surface area (Å²) in [5, 5.41) is 13.4. The number of aliphatic hydroxyl groups is 1. The second-order valence-electron chi connectivity index (χ2n) is 4.27. The first-order chi connectivity index (χ1) is 8.13. The fraction of sp³-hybridized carbons (Fsp3) is 0.500. The van der Waals surface area contributed by atoms with Crippen LogP contribution in [-0.4, -0.2) is 32.7 Å². The van der Waals surface area contributed by atoms with Crippen LogP contribution in [0.5, 0.6) is 0 Å². The zero-order valence-corrected chi connectivity index (χ0v) is 10.4. The lowest BCUT2D eigenvalue weighted by Gasteiger charge is -2.15. The highest BCUT2D eigenvalue weighted by atomic mass is 16.3. The number of aromatic nitrogens is 3. The molecule has 0 aliphatic rings. The maximum Gasteiger partial charge on any atom is 0.143 e. The molecule has 0 aliphatic heterocycles. The van der Waals surface area contributed by atoms with E-state index in [0.717, 1.165) is 34.8 Å². The summed E-state index contributed by atoms with van der Waals surface area (Å²) in [6.45, 7) is 5.98. The van der Waals surface area contributed by atoms with Gasteiger partial charge >= 0.3 is 0 Å². The lowest BCUT2D eigenvalue weighted by atomic mass is 10.2. The monoisotopic (exact) mass is 234 g/mol. The summed E-state index contributed by atoms with van der Waals surface area (Å²) in [5.41, 5.74) is 1.89. The van der Waals surface area contributed by atoms with Crippen LogP contribution in [-0.2, 0) is 0 Å². The van der Waals surface area contributed by atoms with Crippen molar-refractivity contribution in [3.8, 4) is 0 Å². The van der Waals surface area contributed by atoms with E-state index in [2.05, 4.69) is 20.3 Å². The fourth-order valence-corrected chi connectivity index (χ4v) is 1.83. The van der Waals surface area contributed by atoms with Crippen molar-refractivity contribution in [1.82, 2.24) is 15.0 Å². The number of rotatable bonds is 4. The molecular weight excluding hydrogens is 216 g/mol. The highest BCUT2D eigenvalue weighted by molar-refractivity contribution is 5.87. The first kappa shape index (κ1) is 11.9. The van der Waals surface area contributed by atoms with Crippen LogP contribution >= 0.6 is 0 Å². The van der Waals surface area contributed by atoms with Crippen LogP contribution < -0.4 is 5.32 Å². The van der Waals surface area contributed by atoms with Gasteiger partial charge in [0.25, 0.3) is 0 Å². The fourth-order valence-electron chi connectivity index (χ4n) is 1.83. The lowest BCUT2D eigenvalue weighted by Crippen LogP contribution is -2.23. The van der Waals surface area contributed by atoms with Crippen LogP contribution in [0.2, 0.25) is 0 Å². The van der Waals surface area contributed by atoms with Crippen LogP contribution in [0.3, 0.4) is 0 Å². The van der Waals surface area contributed by atoms with Crippen molar-refractivity contribution in [2.75, 3.05) is 11.9 Å². The molecule has 0 saturated heterocycles. The summed E-state index contributed by atoms with van der Waals surface area (Å²) in [6.07, 6.45) is 0.852. The molecule has 0 radical (unpaired) electrons. The molecule has 0 fully saturated rings. The summed E-state index contributed by atoms with van der Waals surface area (Å²) < 4.78 is 0. The Morgan fingerprint density at radius 2 is 2.18 bits per heavy atom. The van der Waals surface area contributed by atoms with Gasteiger partial charge in [0.15, 0.2) is 0 Å². The van der Waals surface area contributed by atoms with Crippen molar-refractivity contribution in [3.63, 3.8) is 0 Å². The van der Waals surface area contributed by atoms with Crippen LogP contribution in [0, 0.1) is 13.8 Å². The molecule has 17 heavy (non-hydrogen) atoms. The second-order valence-corrected chi connectivity index (χ2v) is 4.27. The van der Waals surface area contributed by atoms with Crippen molar-refractivity contribution in [3.05, 3.63) is 17.6 Å². The normalized spacial score (nSPS) is 12.9. The molecule has 0 aromatic carbocycles. The number of hydrogen-bond donors (Lipinski definition) is 3. The summed E-state index contributed by atoms with van der Waals surface area (Å²) in [6, 6.07) is 2.05. The van der Waals surface area contributed by atoms with Gasteiger partial charge < -0.3 is 15.4 Å². The number of H-pyrrole nitrogens is 1. The number of nitrogens with zero attached hydrogens (tertiary/aromatic N) is 2. The second kappa shape index (κ2) is 4.71. The molecule has 2 heterocycles. The van der Waals surface area contributed by atoms with E-state index in [4.69, 9.17) is 0 Å². The van der Waals surface area contributed by atoms with E-state index < -0.39 is 0 Å². The first-order valence-electron chi connectivity index (χ1n) is 5.85. The number of aliphatic hydroxyl groups excluding tert-OH is 1. The average molecular weight is 234 g/mol. The lowest BCUT2D eigenvalue weighted by molar-refractivity contribution is 0.271. The summed E-state index contributed by atoms with van der Waals surface area (Å²) >= 11 is 0. The standard InChI is InChI=1S/C12H18N4O/c1-4-9(6-17)16-12-10-5-7(2)13-11(10)14-8(3)15-12/h5,9,17H,4,6H2,1-3H3,(H2,13,14,15,16). The van der Waals surface area contributed by atoms with Crippen molar-refractivity contribution < 1.29 is 5.11 Å². The molecule has 2 aromatic rings. The van der Waals surface area contributed by atoms with Gasteiger partial charge in [0.05, 0.1) is 18.0 Å². The van der Waals surface area contributed by atoms with Gasteiger partial charge in [-0.05, 0) is 26.3 Å². The zero-order chi connectivity index (χ0) is 12.4. The summed E-state index contributed by atoms with van der Waals surface area (Å²) in [5.74, 6) is 1.51. The minimum absolute atomic E-state index is 0.0303. The number of anilines is 1. The Bertz CT molecular complexity index is 516. The molecule has 0 saturated carbocycles. The number of aryl methyl sites for hydroxylation is 2. The molecule has 3 N–H and O–H groups in total. The molecule has 1 unspecified atom stereocenters. The number of nitrogens with one attached hydrogen (secondary N) is 2. The molecule has 0 aliphatic carbocycles. The number of fused-ring (bicyclic) bond motifs is 1. The van der Waals surface area contributed by atoms with Gasteiger partial charge in [-0.3, -0.25) is 0 Å². The summed E-state index contributed by atoms with van der Waals surface area (Å²) in [7, 11) is 0. The van der Waals surface area contributed by atoms with Crippen LogP contribution in [0.4, 0.5) is 5.82 Å². The largest absolute Gasteiger partial charge is 0.394 e. The first-order valence-corrected chi connectivity index (χ1v) is 5.85. The molecule has 2 aromatic heterocycles. The van der Waals surface area contributed by atoms with Crippen molar-refractivity contribution >= 4 is 16.9 Å². The van der Waals surface area contributed by atoms with Gasteiger partial charge in [-0.1, -0.05) is 6.92 Å². The molecule has 92 valence electrons. The van der Waals surface area contributed by atoms with Gasteiger partial charge in [-0.2, -0.15) is 0 Å². The van der Waals surface area contributed by atoms with Gasteiger partial charge in [-0.25, -0.2) is 9.97 Å². The Hall–Kier alpha value is -1.62. The zero-order valence-electron chi connectivity index (χ0n) is 10.4. The van der Waals surface area contributed by atoms with Crippen LogP contribution in [0.15, 0.2) is 6.07 Å². The third kappa shape index (κ3) is 2.39. The topological polar surface area (TPSA) is 73.8 Å². The smallest absolute Gasteiger partial charge is 0.143 e. The van der Waals surface area contributed by atoms with E-state index in [-0.39, 0.29) is 12.6 Å². The molecule has 0 amide bonds. The van der Waals surface area contributed by atoms with Crippen LogP contribution in [0.25, 0.3) is 11.0 Å². The molecule has 5 nitrogen and oxygen atoms in total. The SMILES string of the molecule is CCC(CO)Nc1nc(C)nc2[nH]c(C)cc12. The van der Waals surface area contributed by atoms with Crippen molar-refractivity contribution in [2.45, 2.75) is 33.2 Å². The van der Waals surface area contributed by atoms with Crippen LogP contribution in [0.1, 0.15) is 24.9 Å². The average Bonchev–Trinajstić information content (AvgIpc) is 2.66. The van der Waals surface area contributed by atoms with Crippen molar-refractivity contribution in [2.24, 2.45) is 0 Å². The van der Waals surface area contributed by atoms with Gasteiger partial charge in [-0.15, -0.1) is 0 Å². The number of aromatic amines is 1. The predicted molar refractivity (Wildman–Crippen MR) is 68.2 cm³/mol. The molecule has 1 atom stereocenters. The quantitative estimate of drug-likeness (QED) is 0.753. The van der Waals surface area contributed by atoms with Gasteiger partial charge in [0.1, 0.15) is 17.3 Å². The maximum absolute atomic E-state index is 9.22. The molecule has 2 rings (SSSR count). The highest BCUT2D eigenvalue weighted by Gasteiger charge is 2.11. The Morgan fingerprint density at radius 3 is 2.82 bits per heavy atom. The predicted octanol–water partition coefficient (Wildman–Crippen LogP) is 1.76. The Morgan fingerprint density at radius 1 is 1.41 bits per heavy atom. The third-order valence-electron chi connectivity index (χ3n) is 2.79. The minimum atomic E-state index is 0.0303. The Labute approximate surface area is 100 Å². The molecular formula is C12H18N4O. The minimum Gasteiger partial charge on any atom is -0.394 e. The number of hydrogen-bond acceptors (Lipinski definition) is 4. The third-order valence-corrected chi connectivity index (χ3v) is 2.79. The Kier molecular flexibility index (Phi) is 3.28. The van der Waals surface area contributed by atoms with E-state index in [1.165, 1.54) is 0 Å². The molecule has 5 heteroatoms. The van der Waals surface area contributed by atoms with E-state index >= 15 is 0 Å². The van der Waals surface area contributed by atoms with Gasteiger partial charge in [0.2, 0.25) is 0 Å². The summed E-state index contributed by atoms with van der Waals surface area (Å²) in [4.78, 5) is 11.9. The maximum atomic E-state index is 9.22. The molecule has 0 spiro atoms. The highest BCUT2D eigenvalue weighted by Crippen LogP contribution is 2.22. The Balaban J connectivity index is 2.44. The van der Waals surface area contributed by atoms with E-state index in [1.54, 1.807) is 0 Å². The van der Waals surface area contributed by atoms with E-state index in [1.807, 2.05) is 26.8 Å².